The largest absolute Gasteiger partial charge is 0.468 e. The minimum atomic E-state index is -0.0502. The summed E-state index contributed by atoms with van der Waals surface area (Å²) in [7, 11) is 1.76. The van der Waals surface area contributed by atoms with Crippen LogP contribution in [0.15, 0.2) is 6.20 Å². The maximum atomic E-state index is 9.32. The minimum Gasteiger partial charge on any atom is -0.468 e. The lowest BCUT2D eigenvalue weighted by atomic mass is 9.85. The minimum absolute atomic E-state index is 0.0502. The Hall–Kier alpha value is -2.77. The van der Waals surface area contributed by atoms with Gasteiger partial charge in [0.05, 0.1) is 25.5 Å². The molecule has 10 nitrogen and oxygen atoms in total. The first kappa shape index (κ1) is 20.2. The van der Waals surface area contributed by atoms with Crippen molar-refractivity contribution in [1.29, 1.82) is 5.26 Å². The predicted molar refractivity (Wildman–Crippen MR) is 110 cm³/mol. The first-order valence-corrected chi connectivity index (χ1v) is 11.0. The second-order valence-corrected chi connectivity index (χ2v) is 8.48. The first-order valence-electron chi connectivity index (χ1n) is 11.0. The van der Waals surface area contributed by atoms with Crippen molar-refractivity contribution in [3.8, 4) is 11.9 Å². The summed E-state index contributed by atoms with van der Waals surface area (Å²) in [6, 6.07) is 2.33. The van der Waals surface area contributed by atoms with Crippen LogP contribution in [-0.2, 0) is 22.4 Å². The van der Waals surface area contributed by atoms with Gasteiger partial charge in [0.15, 0.2) is 0 Å². The van der Waals surface area contributed by atoms with Crippen LogP contribution in [0, 0.1) is 11.3 Å². The smallest absolute Gasteiger partial charge is 0.237 e. The van der Waals surface area contributed by atoms with E-state index in [4.69, 9.17) is 14.2 Å². The molecule has 2 aromatic rings. The summed E-state index contributed by atoms with van der Waals surface area (Å²) < 4.78 is 18.7. The van der Waals surface area contributed by atoms with Gasteiger partial charge in [-0.1, -0.05) is 6.42 Å². The molecule has 3 aliphatic rings. The molecule has 164 valence electrons. The zero-order valence-electron chi connectivity index (χ0n) is 17.7. The summed E-state index contributed by atoms with van der Waals surface area (Å²) in [5.41, 5.74) is 0.337. The van der Waals surface area contributed by atoms with Crippen LogP contribution < -0.4 is 10.1 Å². The van der Waals surface area contributed by atoms with Crippen LogP contribution in [0.2, 0.25) is 0 Å². The lowest BCUT2D eigenvalue weighted by Crippen LogP contribution is -2.39. The summed E-state index contributed by atoms with van der Waals surface area (Å²) >= 11 is 0. The Labute approximate surface area is 180 Å². The third-order valence-corrected chi connectivity index (χ3v) is 6.41. The molecule has 0 aromatic carbocycles. The lowest BCUT2D eigenvalue weighted by molar-refractivity contribution is -0.0814. The molecule has 1 saturated carbocycles. The number of hydrogen-bond acceptors (Lipinski definition) is 9. The van der Waals surface area contributed by atoms with Crippen molar-refractivity contribution < 1.29 is 14.2 Å². The van der Waals surface area contributed by atoms with Crippen LogP contribution >= 0.6 is 0 Å². The fraction of sp³-hybridized carbons (Fsp3) is 0.667. The fourth-order valence-electron chi connectivity index (χ4n) is 4.61. The highest BCUT2D eigenvalue weighted by atomic mass is 16.6. The van der Waals surface area contributed by atoms with Crippen LogP contribution in [0.25, 0.3) is 0 Å². The van der Waals surface area contributed by atoms with Crippen molar-refractivity contribution in [2.24, 2.45) is 0 Å². The van der Waals surface area contributed by atoms with Gasteiger partial charge in [-0.3, -0.25) is 0 Å². The molecule has 4 heterocycles. The Morgan fingerprint density at radius 1 is 1.23 bits per heavy atom. The molecule has 2 aromatic heterocycles. The number of aromatic nitrogens is 5. The molecule has 1 aliphatic carbocycles. The van der Waals surface area contributed by atoms with E-state index in [1.54, 1.807) is 7.11 Å². The zero-order valence-corrected chi connectivity index (χ0v) is 17.7. The lowest BCUT2D eigenvalue weighted by Gasteiger charge is -2.31. The Bertz CT molecular complexity index is 968. The number of nitrogens with one attached hydrogen (secondary N) is 1. The third kappa shape index (κ3) is 4.20. The van der Waals surface area contributed by atoms with E-state index in [1.807, 2.05) is 0 Å². The van der Waals surface area contributed by atoms with Gasteiger partial charge in [0.2, 0.25) is 11.8 Å². The number of hydrogen-bond donors (Lipinski definition) is 1. The normalized spacial score (nSPS) is 25.9. The summed E-state index contributed by atoms with van der Waals surface area (Å²) in [6.07, 6.45) is 7.72. The van der Waals surface area contributed by atoms with Gasteiger partial charge in [-0.25, -0.2) is 4.98 Å². The molecule has 5 rings (SSSR count). The molecule has 1 saturated heterocycles. The number of nitriles is 1. The molecule has 31 heavy (non-hydrogen) atoms. The van der Waals surface area contributed by atoms with Gasteiger partial charge >= 0.3 is 0 Å². The van der Waals surface area contributed by atoms with Crippen LogP contribution in [0.3, 0.4) is 0 Å². The zero-order chi connectivity index (χ0) is 21.2. The van der Waals surface area contributed by atoms with Crippen molar-refractivity contribution in [2.75, 3.05) is 25.6 Å². The van der Waals surface area contributed by atoms with E-state index in [0.717, 1.165) is 56.7 Å². The van der Waals surface area contributed by atoms with Gasteiger partial charge in [-0.15, -0.1) is 10.2 Å². The number of anilines is 1. The SMILES string of the molecule is CO[C@H]1CCn2c(nnc2[C@H]2CCC[C@@H](Nc3ncc(C#N)c(OC4COC4)n3)C2)C1. The molecule has 0 bridgehead atoms. The van der Waals surface area contributed by atoms with Crippen molar-refractivity contribution in [2.45, 2.75) is 69.2 Å². The van der Waals surface area contributed by atoms with Gasteiger partial charge in [0.25, 0.3) is 0 Å². The third-order valence-electron chi connectivity index (χ3n) is 6.41. The van der Waals surface area contributed by atoms with Gasteiger partial charge in [0, 0.05) is 32.0 Å². The van der Waals surface area contributed by atoms with E-state index < -0.39 is 0 Å². The Morgan fingerprint density at radius 2 is 2.13 bits per heavy atom. The second-order valence-electron chi connectivity index (χ2n) is 8.48. The van der Waals surface area contributed by atoms with E-state index in [2.05, 4.69) is 36.1 Å². The Morgan fingerprint density at radius 3 is 2.90 bits per heavy atom. The summed E-state index contributed by atoms with van der Waals surface area (Å²) in [6.45, 7) is 1.96. The Kier molecular flexibility index (Phi) is 5.70. The summed E-state index contributed by atoms with van der Waals surface area (Å²) in [5.74, 6) is 3.28. The van der Waals surface area contributed by atoms with E-state index in [9.17, 15) is 5.26 Å². The summed E-state index contributed by atoms with van der Waals surface area (Å²) in [4.78, 5) is 8.79. The molecule has 2 fully saturated rings. The van der Waals surface area contributed by atoms with E-state index >= 15 is 0 Å². The maximum Gasteiger partial charge on any atom is 0.237 e. The number of fused-ring (bicyclic) bond motifs is 1. The van der Waals surface area contributed by atoms with Crippen LogP contribution in [0.5, 0.6) is 5.88 Å². The first-order chi connectivity index (χ1) is 15.2. The molecule has 1 N–H and O–H groups in total. The molecule has 0 unspecified atom stereocenters. The Balaban J connectivity index is 1.27. The monoisotopic (exact) mass is 425 g/mol. The van der Waals surface area contributed by atoms with Gasteiger partial charge < -0.3 is 24.1 Å². The predicted octanol–water partition coefficient (Wildman–Crippen LogP) is 1.82. The van der Waals surface area contributed by atoms with Crippen molar-refractivity contribution in [3.63, 3.8) is 0 Å². The molecule has 3 atom stereocenters. The van der Waals surface area contributed by atoms with Crippen molar-refractivity contribution in [1.82, 2.24) is 24.7 Å². The highest BCUT2D eigenvalue weighted by molar-refractivity contribution is 5.41. The van der Waals surface area contributed by atoms with E-state index in [0.29, 0.717) is 36.5 Å². The molecular weight excluding hydrogens is 398 g/mol. The van der Waals surface area contributed by atoms with E-state index in [-0.39, 0.29) is 18.2 Å². The molecule has 0 spiro atoms. The van der Waals surface area contributed by atoms with Gasteiger partial charge in [0.1, 0.15) is 29.4 Å². The highest BCUT2D eigenvalue weighted by Gasteiger charge is 2.31. The number of methoxy groups -OCH3 is 1. The molecular formula is C21H27N7O3. The number of rotatable bonds is 6. The number of ether oxygens (including phenoxy) is 3. The molecule has 10 heteroatoms. The maximum absolute atomic E-state index is 9.32. The average Bonchev–Trinajstić information content (AvgIpc) is 3.20. The summed E-state index contributed by atoms with van der Waals surface area (Å²) in [5, 5.41) is 21.8. The van der Waals surface area contributed by atoms with Gasteiger partial charge in [-0.2, -0.15) is 10.2 Å². The molecule has 0 radical (unpaired) electrons. The topological polar surface area (TPSA) is 120 Å². The second kappa shape index (κ2) is 8.77. The fourth-order valence-corrected chi connectivity index (χ4v) is 4.61. The number of nitrogens with zero attached hydrogens (tertiary/aromatic N) is 6. The van der Waals surface area contributed by atoms with Crippen molar-refractivity contribution in [3.05, 3.63) is 23.4 Å². The van der Waals surface area contributed by atoms with Crippen LogP contribution in [-0.4, -0.2) is 63.3 Å². The quantitative estimate of drug-likeness (QED) is 0.739. The average molecular weight is 425 g/mol. The molecule has 2 aliphatic heterocycles. The van der Waals surface area contributed by atoms with Crippen molar-refractivity contribution >= 4 is 5.95 Å². The molecule has 0 amide bonds. The van der Waals surface area contributed by atoms with Crippen LogP contribution in [0.4, 0.5) is 5.95 Å². The van der Waals surface area contributed by atoms with Gasteiger partial charge in [-0.05, 0) is 25.7 Å². The highest BCUT2D eigenvalue weighted by Crippen LogP contribution is 2.34. The van der Waals surface area contributed by atoms with E-state index in [1.165, 1.54) is 6.20 Å². The van der Waals surface area contributed by atoms with Crippen LogP contribution in [0.1, 0.15) is 55.2 Å². The standard InChI is InChI=1S/C21H27N7O3/c1-29-16-5-6-28-18(8-16)26-27-19(28)13-3-2-4-15(7-13)24-21-23-10-14(9-22)20(25-21)31-17-11-30-12-17/h10,13,15-17H,2-8,11-12H2,1H3,(H,23,24,25)/t13-,15+,16-/m0/s1.